The van der Waals surface area contributed by atoms with E-state index in [9.17, 15) is 0 Å². The second kappa shape index (κ2) is 7.95. The molecule has 0 saturated carbocycles. The van der Waals surface area contributed by atoms with Crippen LogP contribution in [0, 0.1) is 13.8 Å². The molecule has 1 aromatic heterocycles. The van der Waals surface area contributed by atoms with E-state index in [-0.39, 0.29) is 0 Å². The minimum absolute atomic E-state index is 0.628. The summed E-state index contributed by atoms with van der Waals surface area (Å²) in [6.07, 6.45) is 6.60. The zero-order valence-corrected chi connectivity index (χ0v) is 16.8. The average Bonchev–Trinajstić information content (AvgIpc) is 2.83. The van der Waals surface area contributed by atoms with Gasteiger partial charge in [-0.05, 0) is 75.4 Å². The summed E-state index contributed by atoms with van der Waals surface area (Å²) in [5, 5.41) is 6.96. The van der Waals surface area contributed by atoms with Crippen LogP contribution in [0.15, 0.2) is 24.4 Å². The lowest BCUT2D eigenvalue weighted by Gasteiger charge is -2.36. The van der Waals surface area contributed by atoms with Crippen LogP contribution in [0.5, 0.6) is 0 Å². The van der Waals surface area contributed by atoms with E-state index in [2.05, 4.69) is 59.5 Å². The molecule has 2 N–H and O–H groups in total. The molecule has 1 aromatic carbocycles. The van der Waals surface area contributed by atoms with Gasteiger partial charge >= 0.3 is 0 Å². The molecule has 2 aromatic rings. The van der Waals surface area contributed by atoms with Crippen molar-refractivity contribution in [3.8, 4) is 0 Å². The first-order valence-corrected chi connectivity index (χ1v) is 10.2. The molecule has 4 rings (SSSR count). The van der Waals surface area contributed by atoms with E-state index in [0.717, 1.165) is 38.2 Å². The Morgan fingerprint density at radius 3 is 2.67 bits per heavy atom. The zero-order chi connectivity index (χ0) is 18.8. The Labute approximate surface area is 162 Å². The number of hydrogen-bond donors (Lipinski definition) is 2. The van der Waals surface area contributed by atoms with Crippen molar-refractivity contribution < 1.29 is 0 Å². The predicted octanol–water partition coefficient (Wildman–Crippen LogP) is 3.38. The summed E-state index contributed by atoms with van der Waals surface area (Å²) >= 11 is 0. The first-order valence-electron chi connectivity index (χ1n) is 10.2. The topological polar surface area (TPSA) is 53.1 Å². The molecule has 2 atom stereocenters. The molecule has 5 nitrogen and oxygen atoms in total. The van der Waals surface area contributed by atoms with E-state index in [4.69, 9.17) is 4.98 Å². The van der Waals surface area contributed by atoms with Gasteiger partial charge in [-0.1, -0.05) is 6.07 Å². The molecular weight excluding hydrogens is 334 g/mol. The van der Waals surface area contributed by atoms with Gasteiger partial charge in [0.25, 0.3) is 0 Å². The van der Waals surface area contributed by atoms with Crippen molar-refractivity contribution in [2.45, 2.75) is 58.5 Å². The molecule has 0 amide bonds. The van der Waals surface area contributed by atoms with Crippen LogP contribution >= 0.6 is 0 Å². The van der Waals surface area contributed by atoms with Gasteiger partial charge in [0.2, 0.25) is 5.95 Å². The van der Waals surface area contributed by atoms with E-state index in [1.807, 2.05) is 6.20 Å². The van der Waals surface area contributed by atoms with Crippen molar-refractivity contribution in [2.24, 2.45) is 0 Å². The number of piperidine rings is 1. The van der Waals surface area contributed by atoms with Crippen molar-refractivity contribution in [3.05, 3.63) is 46.8 Å². The fourth-order valence-corrected chi connectivity index (χ4v) is 4.53. The van der Waals surface area contributed by atoms with Crippen LogP contribution in [0.4, 0.5) is 11.6 Å². The van der Waals surface area contributed by atoms with Crippen molar-refractivity contribution in [1.82, 2.24) is 20.2 Å². The molecule has 5 heteroatoms. The smallest absolute Gasteiger partial charge is 0.227 e. The number of anilines is 2. The number of benzene rings is 1. The lowest BCUT2D eigenvalue weighted by Crippen LogP contribution is -2.47. The van der Waals surface area contributed by atoms with Gasteiger partial charge in [-0.25, -0.2) is 9.97 Å². The SMILES string of the molecule is Cc1cc(C)cc(Nc2ncc3c(n2)CCN(C2CCN[C@@H](C)C2)CC3)c1. The molecule has 27 heavy (non-hydrogen) atoms. The van der Waals surface area contributed by atoms with Crippen molar-refractivity contribution in [3.63, 3.8) is 0 Å². The van der Waals surface area contributed by atoms with Gasteiger partial charge in [-0.3, -0.25) is 4.90 Å². The molecule has 2 aliphatic heterocycles. The van der Waals surface area contributed by atoms with Crippen molar-refractivity contribution in [2.75, 3.05) is 25.0 Å². The lowest BCUT2D eigenvalue weighted by atomic mass is 9.99. The molecular formula is C22H31N5. The van der Waals surface area contributed by atoms with Gasteiger partial charge < -0.3 is 10.6 Å². The minimum atomic E-state index is 0.628. The first kappa shape index (κ1) is 18.4. The second-order valence-corrected chi connectivity index (χ2v) is 8.24. The second-order valence-electron chi connectivity index (χ2n) is 8.24. The van der Waals surface area contributed by atoms with Gasteiger partial charge in [0.15, 0.2) is 0 Å². The Hall–Kier alpha value is -1.98. The summed E-state index contributed by atoms with van der Waals surface area (Å²) in [5.41, 5.74) is 6.08. The van der Waals surface area contributed by atoms with Crippen LogP contribution in [0.25, 0.3) is 0 Å². The Bertz CT molecular complexity index is 783. The molecule has 0 radical (unpaired) electrons. The summed E-state index contributed by atoms with van der Waals surface area (Å²) in [4.78, 5) is 12.1. The summed E-state index contributed by atoms with van der Waals surface area (Å²) in [7, 11) is 0. The van der Waals surface area contributed by atoms with E-state index < -0.39 is 0 Å². The maximum atomic E-state index is 4.86. The Balaban J connectivity index is 1.46. The van der Waals surface area contributed by atoms with E-state index in [1.165, 1.54) is 35.2 Å². The quantitative estimate of drug-likeness (QED) is 0.873. The summed E-state index contributed by atoms with van der Waals surface area (Å²) < 4.78 is 0. The summed E-state index contributed by atoms with van der Waals surface area (Å²) in [6, 6.07) is 7.79. The monoisotopic (exact) mass is 365 g/mol. The number of rotatable bonds is 3. The molecule has 0 aliphatic carbocycles. The number of hydrogen-bond acceptors (Lipinski definition) is 5. The van der Waals surface area contributed by atoms with Crippen LogP contribution in [0.2, 0.25) is 0 Å². The summed E-state index contributed by atoms with van der Waals surface area (Å²) in [5.74, 6) is 0.711. The van der Waals surface area contributed by atoms with Crippen LogP contribution in [-0.4, -0.2) is 46.6 Å². The number of nitrogens with one attached hydrogen (secondary N) is 2. The van der Waals surface area contributed by atoms with Crippen LogP contribution in [0.1, 0.15) is 42.1 Å². The fraction of sp³-hybridized carbons (Fsp3) is 0.545. The average molecular weight is 366 g/mol. The normalized spacial score (nSPS) is 23.5. The van der Waals surface area contributed by atoms with Crippen LogP contribution < -0.4 is 10.6 Å². The third kappa shape index (κ3) is 4.47. The maximum Gasteiger partial charge on any atom is 0.227 e. The zero-order valence-electron chi connectivity index (χ0n) is 16.8. The lowest BCUT2D eigenvalue weighted by molar-refractivity contribution is 0.153. The molecule has 0 spiro atoms. The van der Waals surface area contributed by atoms with Gasteiger partial charge in [0.1, 0.15) is 0 Å². The van der Waals surface area contributed by atoms with Crippen molar-refractivity contribution >= 4 is 11.6 Å². The highest BCUT2D eigenvalue weighted by Gasteiger charge is 2.26. The largest absolute Gasteiger partial charge is 0.324 e. The molecule has 3 heterocycles. The maximum absolute atomic E-state index is 4.86. The summed E-state index contributed by atoms with van der Waals surface area (Å²) in [6.45, 7) is 9.90. The molecule has 144 valence electrons. The number of fused-ring (bicyclic) bond motifs is 1. The number of aromatic nitrogens is 2. The number of aryl methyl sites for hydroxylation is 2. The first-order chi connectivity index (χ1) is 13.1. The highest BCUT2D eigenvalue weighted by Crippen LogP contribution is 2.22. The Kier molecular flexibility index (Phi) is 5.41. The molecule has 2 aliphatic rings. The highest BCUT2D eigenvalue weighted by atomic mass is 15.2. The van der Waals surface area contributed by atoms with Crippen LogP contribution in [0.3, 0.4) is 0 Å². The molecule has 1 unspecified atom stereocenters. The third-order valence-corrected chi connectivity index (χ3v) is 5.85. The number of nitrogens with zero attached hydrogens (tertiary/aromatic N) is 3. The Morgan fingerprint density at radius 2 is 1.89 bits per heavy atom. The van der Waals surface area contributed by atoms with E-state index >= 15 is 0 Å². The van der Waals surface area contributed by atoms with Crippen molar-refractivity contribution in [1.29, 1.82) is 0 Å². The standard InChI is InChI=1S/C22H31N5/c1-15-10-16(2)12-19(11-15)25-22-24-14-18-5-8-27(9-6-21(18)26-22)20-4-7-23-17(3)13-20/h10-12,14,17,20,23H,4-9,13H2,1-3H3,(H,24,25,26)/t17-,20?/m0/s1. The van der Waals surface area contributed by atoms with Gasteiger partial charge in [0, 0.05) is 43.5 Å². The molecule has 1 saturated heterocycles. The van der Waals surface area contributed by atoms with E-state index in [0.29, 0.717) is 18.0 Å². The van der Waals surface area contributed by atoms with E-state index in [1.54, 1.807) is 0 Å². The Morgan fingerprint density at radius 1 is 1.11 bits per heavy atom. The minimum Gasteiger partial charge on any atom is -0.324 e. The van der Waals surface area contributed by atoms with Gasteiger partial charge in [0.05, 0.1) is 5.69 Å². The third-order valence-electron chi connectivity index (χ3n) is 5.85. The highest BCUT2D eigenvalue weighted by molar-refractivity contribution is 5.56. The van der Waals surface area contributed by atoms with Crippen LogP contribution in [-0.2, 0) is 12.8 Å². The predicted molar refractivity (Wildman–Crippen MR) is 111 cm³/mol. The van der Waals surface area contributed by atoms with Gasteiger partial charge in [-0.15, -0.1) is 0 Å². The fourth-order valence-electron chi connectivity index (χ4n) is 4.53. The molecule has 0 bridgehead atoms. The molecule has 1 fully saturated rings. The van der Waals surface area contributed by atoms with Gasteiger partial charge in [-0.2, -0.15) is 0 Å².